The summed E-state index contributed by atoms with van der Waals surface area (Å²) < 4.78 is 18.3. The van der Waals surface area contributed by atoms with Gasteiger partial charge in [0.05, 0.1) is 5.69 Å². The van der Waals surface area contributed by atoms with Crippen LogP contribution in [0.1, 0.15) is 25.1 Å². The zero-order valence-electron chi connectivity index (χ0n) is 17.0. The third kappa shape index (κ3) is 6.29. The van der Waals surface area contributed by atoms with Crippen LogP contribution >= 0.6 is 35.6 Å². The number of hydrogen-bond acceptors (Lipinski definition) is 4. The Morgan fingerprint density at radius 3 is 2.59 bits per heavy atom. The molecule has 29 heavy (non-hydrogen) atoms. The van der Waals surface area contributed by atoms with Crippen LogP contribution in [0.15, 0.2) is 40.0 Å². The molecule has 1 N–H and O–H groups in total. The van der Waals surface area contributed by atoms with E-state index < -0.39 is 0 Å². The van der Waals surface area contributed by atoms with Crippen molar-refractivity contribution < 1.29 is 8.91 Å². The van der Waals surface area contributed by atoms with Crippen LogP contribution in [0.3, 0.4) is 0 Å². The quantitative estimate of drug-likeness (QED) is 0.359. The molecule has 6 nitrogen and oxygen atoms in total. The van der Waals surface area contributed by atoms with E-state index in [1.54, 1.807) is 19.4 Å². The van der Waals surface area contributed by atoms with Crippen LogP contribution in [0.25, 0.3) is 0 Å². The molecule has 1 aromatic carbocycles. The number of halogens is 3. The Hall–Kier alpha value is -1.39. The minimum absolute atomic E-state index is 0. The zero-order chi connectivity index (χ0) is 20.1. The van der Waals surface area contributed by atoms with E-state index in [1.807, 2.05) is 6.07 Å². The number of nitrogens with zero attached hydrogens (tertiary/aromatic N) is 4. The highest BCUT2D eigenvalue weighted by Gasteiger charge is 2.26. The Morgan fingerprint density at radius 2 is 2.00 bits per heavy atom. The van der Waals surface area contributed by atoms with Crippen LogP contribution in [0.4, 0.5) is 4.39 Å². The first-order valence-electron chi connectivity index (χ1n) is 9.42. The van der Waals surface area contributed by atoms with Crippen molar-refractivity contribution in [3.05, 3.63) is 52.6 Å². The third-order valence-electron chi connectivity index (χ3n) is 5.11. The SMILES string of the molecule is CN=C(NCC(C)(C)c1ccc(F)cc1Cl)N1CCN(Cc2ccon2)CC1.I. The number of piperazine rings is 1. The standard InChI is InChI=1S/C20H27ClFN5O.HI/c1-20(2,17-5-4-15(22)12-18(17)21)14-24-19(23-3)27-9-7-26(8-10-27)13-16-6-11-28-25-16;/h4-6,11-12H,7-10,13-14H2,1-3H3,(H,23,24);1H. The monoisotopic (exact) mass is 535 g/mol. The average Bonchev–Trinajstić information content (AvgIpc) is 3.16. The van der Waals surface area contributed by atoms with Crippen LogP contribution < -0.4 is 5.32 Å². The number of aromatic nitrogens is 1. The summed E-state index contributed by atoms with van der Waals surface area (Å²) >= 11 is 6.26. The first kappa shape index (κ1) is 23.9. The summed E-state index contributed by atoms with van der Waals surface area (Å²) in [5, 5.41) is 7.88. The highest BCUT2D eigenvalue weighted by molar-refractivity contribution is 14.0. The fraction of sp³-hybridized carbons (Fsp3) is 0.500. The molecule has 0 radical (unpaired) electrons. The lowest BCUT2D eigenvalue weighted by molar-refractivity contribution is 0.168. The van der Waals surface area contributed by atoms with Crippen LogP contribution in [0, 0.1) is 5.82 Å². The van der Waals surface area contributed by atoms with Crippen molar-refractivity contribution in [1.29, 1.82) is 0 Å². The third-order valence-corrected chi connectivity index (χ3v) is 5.42. The van der Waals surface area contributed by atoms with Gasteiger partial charge in [-0.2, -0.15) is 0 Å². The van der Waals surface area contributed by atoms with E-state index in [2.05, 4.69) is 39.1 Å². The van der Waals surface area contributed by atoms with Crippen molar-refractivity contribution >= 4 is 41.5 Å². The molecule has 160 valence electrons. The van der Waals surface area contributed by atoms with Crippen LogP contribution in [-0.2, 0) is 12.0 Å². The molecular weight excluding hydrogens is 508 g/mol. The highest BCUT2D eigenvalue weighted by atomic mass is 127. The molecule has 0 atom stereocenters. The Morgan fingerprint density at radius 1 is 1.28 bits per heavy atom. The molecule has 1 aliphatic heterocycles. The summed E-state index contributed by atoms with van der Waals surface area (Å²) in [7, 11) is 1.79. The average molecular weight is 536 g/mol. The molecule has 1 saturated heterocycles. The van der Waals surface area contributed by atoms with E-state index in [1.165, 1.54) is 12.1 Å². The van der Waals surface area contributed by atoms with Gasteiger partial charge in [-0.25, -0.2) is 4.39 Å². The molecule has 1 aliphatic rings. The van der Waals surface area contributed by atoms with E-state index in [4.69, 9.17) is 16.1 Å². The molecule has 0 bridgehead atoms. The van der Waals surface area contributed by atoms with Gasteiger partial charge in [-0.15, -0.1) is 24.0 Å². The molecule has 2 heterocycles. The van der Waals surface area contributed by atoms with Gasteiger partial charge in [0.1, 0.15) is 12.1 Å². The van der Waals surface area contributed by atoms with Gasteiger partial charge < -0.3 is 14.7 Å². The van der Waals surface area contributed by atoms with E-state index in [0.29, 0.717) is 11.6 Å². The van der Waals surface area contributed by atoms with Crippen molar-refractivity contribution in [2.24, 2.45) is 4.99 Å². The summed E-state index contributed by atoms with van der Waals surface area (Å²) in [6.45, 7) is 9.24. The van der Waals surface area contributed by atoms with Crippen LogP contribution in [0.2, 0.25) is 5.02 Å². The second-order valence-corrected chi connectivity index (χ2v) is 8.07. The van der Waals surface area contributed by atoms with Gasteiger partial charge in [-0.1, -0.05) is 36.7 Å². The summed E-state index contributed by atoms with van der Waals surface area (Å²) in [6.07, 6.45) is 1.60. The largest absolute Gasteiger partial charge is 0.364 e. The molecule has 1 fully saturated rings. The van der Waals surface area contributed by atoms with Gasteiger partial charge >= 0.3 is 0 Å². The second-order valence-electron chi connectivity index (χ2n) is 7.66. The van der Waals surface area contributed by atoms with Crippen molar-refractivity contribution in [2.45, 2.75) is 25.8 Å². The van der Waals surface area contributed by atoms with Crippen LogP contribution in [0.5, 0.6) is 0 Å². The number of rotatable bonds is 5. The molecule has 0 amide bonds. The van der Waals surface area contributed by atoms with E-state index in [9.17, 15) is 4.39 Å². The number of hydrogen-bond donors (Lipinski definition) is 1. The summed E-state index contributed by atoms with van der Waals surface area (Å²) in [5.74, 6) is 0.546. The van der Waals surface area contributed by atoms with Gasteiger partial charge in [0.15, 0.2) is 5.96 Å². The predicted molar refractivity (Wildman–Crippen MR) is 125 cm³/mol. The summed E-state index contributed by atoms with van der Waals surface area (Å²) in [6, 6.07) is 6.47. The maximum atomic E-state index is 13.4. The second kappa shape index (κ2) is 10.6. The highest BCUT2D eigenvalue weighted by Crippen LogP contribution is 2.30. The Balaban J connectivity index is 0.00000300. The zero-order valence-corrected chi connectivity index (χ0v) is 20.1. The van der Waals surface area contributed by atoms with Gasteiger partial charge in [0, 0.05) is 62.8 Å². The summed E-state index contributed by atoms with van der Waals surface area (Å²) in [5.41, 5.74) is 1.60. The van der Waals surface area contributed by atoms with Crippen LogP contribution in [-0.4, -0.2) is 60.7 Å². The topological polar surface area (TPSA) is 56.9 Å². The van der Waals surface area contributed by atoms with Crippen molar-refractivity contribution in [3.63, 3.8) is 0 Å². The Labute approximate surface area is 193 Å². The lowest BCUT2D eigenvalue weighted by atomic mass is 9.84. The van der Waals surface area contributed by atoms with Crippen molar-refractivity contribution in [1.82, 2.24) is 20.3 Å². The molecule has 0 aliphatic carbocycles. The van der Waals surface area contributed by atoms with E-state index in [-0.39, 0.29) is 35.2 Å². The smallest absolute Gasteiger partial charge is 0.193 e. The van der Waals surface area contributed by atoms with Gasteiger partial charge in [-0.3, -0.25) is 9.89 Å². The molecule has 2 aromatic rings. The van der Waals surface area contributed by atoms with Gasteiger partial charge in [-0.05, 0) is 17.7 Å². The van der Waals surface area contributed by atoms with Crippen molar-refractivity contribution in [2.75, 3.05) is 39.8 Å². The Bertz CT molecular complexity index is 807. The molecular formula is C20H28ClFIN5O. The fourth-order valence-electron chi connectivity index (χ4n) is 3.43. The Kier molecular flexibility index (Phi) is 8.72. The molecule has 0 saturated carbocycles. The lowest BCUT2D eigenvalue weighted by Crippen LogP contribution is -2.53. The number of aliphatic imine (C=N–C) groups is 1. The number of benzene rings is 1. The molecule has 9 heteroatoms. The number of nitrogens with one attached hydrogen (secondary N) is 1. The minimum atomic E-state index is -0.322. The number of guanidine groups is 1. The fourth-order valence-corrected chi connectivity index (χ4v) is 3.85. The molecule has 3 rings (SSSR count). The molecule has 0 unspecified atom stereocenters. The van der Waals surface area contributed by atoms with E-state index >= 15 is 0 Å². The lowest BCUT2D eigenvalue weighted by Gasteiger charge is -2.37. The van der Waals surface area contributed by atoms with Crippen molar-refractivity contribution in [3.8, 4) is 0 Å². The molecule has 1 aromatic heterocycles. The summed E-state index contributed by atoms with van der Waals surface area (Å²) in [4.78, 5) is 9.04. The maximum Gasteiger partial charge on any atom is 0.193 e. The maximum absolute atomic E-state index is 13.4. The first-order chi connectivity index (χ1) is 13.4. The van der Waals surface area contributed by atoms with Gasteiger partial charge in [0.25, 0.3) is 0 Å². The first-order valence-corrected chi connectivity index (χ1v) is 9.79. The minimum Gasteiger partial charge on any atom is -0.364 e. The predicted octanol–water partition coefficient (Wildman–Crippen LogP) is 3.76. The van der Waals surface area contributed by atoms with E-state index in [0.717, 1.165) is 49.9 Å². The van der Waals surface area contributed by atoms with Gasteiger partial charge in [0.2, 0.25) is 0 Å². The normalized spacial score (nSPS) is 15.9. The molecule has 0 spiro atoms.